The molecule has 34 nitrogen and oxygen atoms in total. The molecule has 11 N–H and O–H groups in total. The fourth-order valence-corrected chi connectivity index (χ4v) is 15.5. The molecule has 4 aromatic heterocycles. The van der Waals surface area contributed by atoms with E-state index in [4.69, 9.17) is 40.0 Å². The van der Waals surface area contributed by atoms with Gasteiger partial charge in [-0.2, -0.15) is 19.9 Å². The summed E-state index contributed by atoms with van der Waals surface area (Å²) in [6.07, 6.45) is 14.9. The Labute approximate surface area is 843 Å². The van der Waals surface area contributed by atoms with Gasteiger partial charge in [-0.3, -0.25) is 24.0 Å². The van der Waals surface area contributed by atoms with Crippen molar-refractivity contribution in [3.63, 3.8) is 0 Å². The van der Waals surface area contributed by atoms with Crippen LogP contribution in [0.4, 0.5) is 113 Å². The number of alkyl halides is 1. The van der Waals surface area contributed by atoms with Gasteiger partial charge in [-0.15, -0.1) is 0 Å². The molecule has 3 fully saturated rings. The number of carbonyl (C=O) groups excluding carboxylic acids is 6. The number of hydrogen-bond donors (Lipinski definition) is 11. The number of aromatic nitrogens is 8. The van der Waals surface area contributed by atoms with Gasteiger partial charge in [0.15, 0.2) is 0 Å². The maximum absolute atomic E-state index is 12.5. The lowest BCUT2D eigenvalue weighted by molar-refractivity contribution is -0.135. The van der Waals surface area contributed by atoms with Crippen molar-refractivity contribution in [2.75, 3.05) is 139 Å². The molecule has 0 aliphatic carbocycles. The zero-order chi connectivity index (χ0) is 103. The van der Waals surface area contributed by atoms with E-state index in [9.17, 15) is 33.2 Å². The van der Waals surface area contributed by atoms with Gasteiger partial charge in [0.25, 0.3) is 0 Å². The predicted octanol–water partition coefficient (Wildman–Crippen LogP) is 21.1. The first-order valence-corrected chi connectivity index (χ1v) is 47.0. The number of anilines is 18. The molecule has 7 heterocycles. The number of likely N-dealkylation sites (tertiary alicyclic amines) is 3. The van der Waals surface area contributed by atoms with Gasteiger partial charge in [-0.05, 0) is 253 Å². The van der Waals surface area contributed by atoms with Crippen LogP contribution in [0.3, 0.4) is 0 Å². The lowest BCUT2D eigenvalue weighted by atomic mass is 9.92. The van der Waals surface area contributed by atoms with E-state index in [2.05, 4.69) is 156 Å². The van der Waals surface area contributed by atoms with Gasteiger partial charge in [-0.25, -0.2) is 29.1 Å². The summed E-state index contributed by atoms with van der Waals surface area (Å²) < 4.78 is 46.2. The van der Waals surface area contributed by atoms with Gasteiger partial charge in [0.1, 0.15) is 63.5 Å². The highest BCUT2D eigenvalue weighted by atomic mass is 35.5. The molecule has 0 unspecified atom stereocenters. The van der Waals surface area contributed by atoms with Crippen LogP contribution in [0.15, 0.2) is 245 Å². The molecule has 12 aromatic rings. The molecule has 3 saturated heterocycles. The lowest BCUT2D eigenvalue weighted by Crippen LogP contribution is -2.52. The molecule has 3 aliphatic rings. The molecule has 0 bridgehead atoms. The van der Waals surface area contributed by atoms with Crippen molar-refractivity contribution < 1.29 is 61.6 Å². The van der Waals surface area contributed by atoms with Gasteiger partial charge >= 0.3 is 6.09 Å². The summed E-state index contributed by atoms with van der Waals surface area (Å²) in [5.41, 5.74) is 14.5. The van der Waals surface area contributed by atoms with Crippen LogP contribution in [0.5, 0.6) is 34.6 Å². The molecular formula is C108H122ClFN22O12. The summed E-state index contributed by atoms with van der Waals surface area (Å²) in [5, 5.41) is 33.9. The van der Waals surface area contributed by atoms with E-state index in [-0.39, 0.29) is 53.2 Å². The normalized spacial score (nSPS) is 12.6. The average molecular weight is 1970 g/mol. The average Bonchev–Trinajstić information content (AvgIpc) is 0.833. The second kappa shape index (κ2) is 51.0. The SMILES string of the molecule is C=CC(=O)Nc1cccc(Nc2nc(Nc3ccc(CC4CN(C(=O)OC(C)(C)C)C4)cc3OC)ncc2C)c1.C=CC(=O)Nc1cccc(Nc2nc(Nc3ccc(CC4CN(C(C)=O)C4)cc3OC)ncc2C)c1.C=CC(=O)Nc1cccc(Nc2nc(Nc3ccc(CC4CN(CCF)C4)cc3OC)ncc2C)c1.C=CC(=O)Nc1cccc(Oc2nc(Nc3ccc(CC(C)C)cc3OC)ncc2Cl)c1. The number of hydrogen-bond acceptors (Lipinski definition) is 28. The van der Waals surface area contributed by atoms with Crippen LogP contribution in [0, 0.1) is 44.4 Å². The minimum atomic E-state index is -0.494. The van der Waals surface area contributed by atoms with E-state index >= 15 is 0 Å². The molecular weight excluding hydrogens is 1850 g/mol. The fraction of sp³-hybridized carbons (Fsp3) is 0.278. The standard InChI is InChI=1S/C30H36N6O4.C27H31FN6O2.C27H30N6O3.C24H25ClN4O3/c1-7-26(37)32-22-9-8-10-23(15-22)33-27-19(2)16-31-28(35-27)34-24-12-11-20(14-25(24)39-6)13-21-17-36(18-21)29(38)40-30(3,4)5;1-4-25(35)30-21-6-5-7-22(14-21)31-26-18(2)15-29-27(33-26)32-23-9-8-19(13-24(23)36-3)12-20-16-34(17-20)11-10-28;1-5-25(35)29-21-7-6-8-22(13-21)30-26-17(2)14-28-27(32-26)31-23-10-9-19(12-24(23)36-4)11-20-15-33(16-20)18(3)34;1-5-22(30)27-17-7-6-8-18(13-17)32-23-19(25)14-26-24(29-23)28-20-10-9-16(11-15(2)3)12-21(20)31-4/h7-12,14-16,21H,1,13,17-18H2,2-6H3,(H,32,37)(H2,31,33,34,35);4-9,13-15,20H,1,10-12,16-17H2,2-3H3,(H,30,35)(H2,29,31,32,33);5-10,12-14,20H,1,11,15-16H2,2-4H3,(H,29,35)(H2,28,30,31,32);5-10,12-15H,1,11H2,2-4H3,(H,27,30)(H,26,28,29). The number of nitrogens with zero attached hydrogens (tertiary/aromatic N) is 11. The smallest absolute Gasteiger partial charge is 0.410 e. The number of benzene rings is 8. The molecule has 0 saturated carbocycles. The Morgan fingerprint density at radius 3 is 1.10 bits per heavy atom. The van der Waals surface area contributed by atoms with Crippen LogP contribution < -0.4 is 82.2 Å². The zero-order valence-electron chi connectivity index (χ0n) is 83.0. The molecule has 0 atom stereocenters. The third-order valence-corrected chi connectivity index (χ3v) is 22.8. The molecule has 6 amide bonds. The molecule has 8 aromatic carbocycles. The predicted molar refractivity (Wildman–Crippen MR) is 566 cm³/mol. The van der Waals surface area contributed by atoms with Crippen molar-refractivity contribution in [1.29, 1.82) is 0 Å². The molecule has 0 radical (unpaired) electrons. The number of methoxy groups -OCH3 is 4. The summed E-state index contributed by atoms with van der Waals surface area (Å²) in [6.45, 7) is 36.2. The monoisotopic (exact) mass is 1970 g/mol. The van der Waals surface area contributed by atoms with E-state index in [1.165, 1.54) is 41.6 Å². The number of rotatable bonds is 38. The zero-order valence-corrected chi connectivity index (χ0v) is 83.7. The first-order chi connectivity index (χ1) is 69.2. The Balaban J connectivity index is 0.000000172. The largest absolute Gasteiger partial charge is 0.495 e. The molecule has 15 rings (SSSR count). The Morgan fingerprint density at radius 1 is 0.431 bits per heavy atom. The highest BCUT2D eigenvalue weighted by molar-refractivity contribution is 6.31. The number of ether oxygens (including phenoxy) is 6. The highest BCUT2D eigenvalue weighted by Crippen LogP contribution is 2.39. The second-order valence-corrected chi connectivity index (χ2v) is 36.2. The summed E-state index contributed by atoms with van der Waals surface area (Å²) in [6, 6.07) is 52.9. The minimum absolute atomic E-state index is 0.127. The fourth-order valence-electron chi connectivity index (χ4n) is 15.4. The van der Waals surface area contributed by atoms with Gasteiger partial charge < -0.3 is 102 Å². The van der Waals surface area contributed by atoms with Crippen LogP contribution in [-0.2, 0) is 54.4 Å². The van der Waals surface area contributed by atoms with Crippen molar-refractivity contribution in [3.05, 3.63) is 289 Å². The molecule has 144 heavy (non-hydrogen) atoms. The van der Waals surface area contributed by atoms with E-state index < -0.39 is 5.60 Å². The van der Waals surface area contributed by atoms with Gasteiger partial charge in [0.05, 0.1) is 57.4 Å². The number of aryl methyl sites for hydroxylation is 3. The first kappa shape index (κ1) is 106. The summed E-state index contributed by atoms with van der Waals surface area (Å²) in [4.78, 5) is 111. The van der Waals surface area contributed by atoms with Crippen LogP contribution in [0.25, 0.3) is 0 Å². The first-order valence-electron chi connectivity index (χ1n) is 46.7. The van der Waals surface area contributed by atoms with Crippen molar-refractivity contribution in [1.82, 2.24) is 54.6 Å². The number of carbonyl (C=O) groups is 6. The number of nitrogens with one attached hydrogen (secondary N) is 11. The number of amides is 6. The van der Waals surface area contributed by atoms with E-state index in [0.29, 0.717) is 136 Å². The molecule has 750 valence electrons. The van der Waals surface area contributed by atoms with Crippen LogP contribution in [-0.4, -0.2) is 177 Å². The summed E-state index contributed by atoms with van der Waals surface area (Å²) >= 11 is 6.24. The Morgan fingerprint density at radius 2 is 0.757 bits per heavy atom. The second-order valence-electron chi connectivity index (χ2n) is 35.7. The topological polar surface area (TPSA) is 403 Å². The summed E-state index contributed by atoms with van der Waals surface area (Å²) in [5.74, 6) is 7.73. The molecule has 3 aliphatic heterocycles. The van der Waals surface area contributed by atoms with Gasteiger partial charge in [0, 0.05) is 134 Å². The van der Waals surface area contributed by atoms with Crippen LogP contribution in [0.1, 0.15) is 80.5 Å². The maximum atomic E-state index is 12.5. The number of halogens is 2. The summed E-state index contributed by atoms with van der Waals surface area (Å²) in [7, 11) is 6.51. The van der Waals surface area contributed by atoms with E-state index in [0.717, 1.165) is 119 Å². The van der Waals surface area contributed by atoms with Gasteiger partial charge in [-0.1, -0.05) is 100 Å². The minimum Gasteiger partial charge on any atom is -0.495 e. The van der Waals surface area contributed by atoms with E-state index in [1.807, 2.05) is 162 Å². The Hall–Kier alpha value is -16.6. The van der Waals surface area contributed by atoms with Crippen LogP contribution in [0.2, 0.25) is 5.02 Å². The third-order valence-electron chi connectivity index (χ3n) is 22.6. The molecule has 0 spiro atoms. The maximum Gasteiger partial charge on any atom is 0.410 e. The molecule has 36 heteroatoms. The van der Waals surface area contributed by atoms with Crippen molar-refractivity contribution in [2.45, 2.75) is 93.6 Å². The lowest BCUT2D eigenvalue weighted by Gasteiger charge is -2.40. The van der Waals surface area contributed by atoms with Crippen molar-refractivity contribution in [3.8, 4) is 34.6 Å². The highest BCUT2D eigenvalue weighted by Gasteiger charge is 2.35. The Kier molecular flexibility index (Phi) is 37.7. The Bertz CT molecular complexity index is 6590. The van der Waals surface area contributed by atoms with Crippen molar-refractivity contribution >= 4 is 151 Å². The third kappa shape index (κ3) is 31.7. The quantitative estimate of drug-likeness (QED) is 0.0160. The van der Waals surface area contributed by atoms with E-state index in [1.54, 1.807) is 101 Å². The van der Waals surface area contributed by atoms with Gasteiger partial charge in [0.2, 0.25) is 59.2 Å². The van der Waals surface area contributed by atoms with Crippen molar-refractivity contribution in [2.24, 2.45) is 23.7 Å². The van der Waals surface area contributed by atoms with Crippen LogP contribution >= 0.6 is 11.6 Å².